The van der Waals surface area contributed by atoms with E-state index in [1.54, 1.807) is 31.2 Å². The molecule has 1 aliphatic rings. The van der Waals surface area contributed by atoms with Crippen LogP contribution in [0.4, 0.5) is 11.4 Å². The van der Waals surface area contributed by atoms with Gasteiger partial charge in [-0.3, -0.25) is 9.59 Å². The van der Waals surface area contributed by atoms with Crippen LogP contribution in [0.5, 0.6) is 0 Å². The number of benzene rings is 2. The molecule has 1 atom stereocenters. The number of hydrogen-bond donors (Lipinski definition) is 2. The highest BCUT2D eigenvalue weighted by Gasteiger charge is 2.20. The lowest BCUT2D eigenvalue weighted by Crippen LogP contribution is -2.37. The van der Waals surface area contributed by atoms with E-state index in [4.69, 9.17) is 16.3 Å². The smallest absolute Gasteiger partial charge is 0.251 e. The highest BCUT2D eigenvalue weighted by atomic mass is 35.5. The van der Waals surface area contributed by atoms with Crippen LogP contribution in [0.25, 0.3) is 0 Å². The topological polar surface area (TPSA) is 70.7 Å². The molecule has 1 fully saturated rings. The van der Waals surface area contributed by atoms with Gasteiger partial charge in [-0.1, -0.05) is 35.9 Å². The Morgan fingerprint density at radius 2 is 1.82 bits per heavy atom. The van der Waals surface area contributed by atoms with E-state index in [-0.39, 0.29) is 24.3 Å². The highest BCUT2D eigenvalue weighted by Crippen LogP contribution is 2.34. The zero-order valence-electron chi connectivity index (χ0n) is 15.8. The van der Waals surface area contributed by atoms with Crippen LogP contribution < -0.4 is 15.5 Å². The zero-order chi connectivity index (χ0) is 19.9. The normalized spacial score (nSPS) is 15.0. The van der Waals surface area contributed by atoms with Gasteiger partial charge in [-0.2, -0.15) is 0 Å². The third-order valence-corrected chi connectivity index (χ3v) is 4.80. The van der Waals surface area contributed by atoms with E-state index in [0.717, 1.165) is 18.8 Å². The maximum Gasteiger partial charge on any atom is 0.251 e. The standard InChI is InChI=1S/C21H24ClN3O3/c1-15(23-21(27)16-6-3-2-4-7-16)14-19(26)24-18-9-5-8-17(22)20(18)25-10-12-28-13-11-25/h2-9,15H,10-14H2,1H3,(H,23,27)(H,24,26). The molecule has 1 heterocycles. The first-order chi connectivity index (χ1) is 13.5. The minimum atomic E-state index is -0.307. The van der Waals surface area contributed by atoms with Crippen molar-refractivity contribution in [2.24, 2.45) is 0 Å². The zero-order valence-corrected chi connectivity index (χ0v) is 16.5. The Kier molecular flexibility index (Phi) is 6.90. The monoisotopic (exact) mass is 401 g/mol. The predicted octanol–water partition coefficient (Wildman–Crippen LogP) is 3.32. The molecule has 3 rings (SSSR count). The minimum Gasteiger partial charge on any atom is -0.378 e. The second kappa shape index (κ2) is 9.57. The highest BCUT2D eigenvalue weighted by molar-refractivity contribution is 6.34. The fourth-order valence-corrected chi connectivity index (χ4v) is 3.45. The fourth-order valence-electron chi connectivity index (χ4n) is 3.15. The number of halogens is 1. The van der Waals surface area contributed by atoms with E-state index >= 15 is 0 Å². The van der Waals surface area contributed by atoms with Crippen molar-refractivity contribution in [3.63, 3.8) is 0 Å². The lowest BCUT2D eigenvalue weighted by molar-refractivity contribution is -0.116. The Balaban J connectivity index is 1.61. The lowest BCUT2D eigenvalue weighted by Gasteiger charge is -2.31. The number of nitrogens with one attached hydrogen (secondary N) is 2. The van der Waals surface area contributed by atoms with Crippen molar-refractivity contribution in [3.8, 4) is 0 Å². The van der Waals surface area contributed by atoms with Crippen molar-refractivity contribution in [1.82, 2.24) is 5.32 Å². The van der Waals surface area contributed by atoms with Gasteiger partial charge in [0.25, 0.3) is 5.91 Å². The van der Waals surface area contributed by atoms with E-state index < -0.39 is 0 Å². The first-order valence-corrected chi connectivity index (χ1v) is 9.69. The number of carbonyl (C=O) groups excluding carboxylic acids is 2. The van der Waals surface area contributed by atoms with Gasteiger partial charge < -0.3 is 20.3 Å². The van der Waals surface area contributed by atoms with Crippen molar-refractivity contribution in [1.29, 1.82) is 0 Å². The molecule has 7 heteroatoms. The van der Waals surface area contributed by atoms with E-state index in [0.29, 0.717) is 29.5 Å². The maximum absolute atomic E-state index is 12.5. The van der Waals surface area contributed by atoms with E-state index in [9.17, 15) is 9.59 Å². The van der Waals surface area contributed by atoms with Crippen molar-refractivity contribution in [2.75, 3.05) is 36.5 Å². The molecule has 2 N–H and O–H groups in total. The Labute approximate surface area is 169 Å². The van der Waals surface area contributed by atoms with Crippen LogP contribution in [0.1, 0.15) is 23.7 Å². The Bertz CT molecular complexity index is 823. The third-order valence-electron chi connectivity index (χ3n) is 4.49. The van der Waals surface area contributed by atoms with Crippen molar-refractivity contribution in [3.05, 3.63) is 59.1 Å². The summed E-state index contributed by atoms with van der Waals surface area (Å²) >= 11 is 6.40. The van der Waals surface area contributed by atoms with Crippen LogP contribution in [0, 0.1) is 0 Å². The number of nitrogens with zero attached hydrogens (tertiary/aromatic N) is 1. The van der Waals surface area contributed by atoms with Gasteiger partial charge in [0.2, 0.25) is 5.91 Å². The van der Waals surface area contributed by atoms with Crippen molar-refractivity contribution >= 4 is 34.8 Å². The number of morpholine rings is 1. The van der Waals surface area contributed by atoms with E-state index in [1.807, 2.05) is 24.3 Å². The van der Waals surface area contributed by atoms with Crippen LogP contribution in [0.2, 0.25) is 5.02 Å². The summed E-state index contributed by atoms with van der Waals surface area (Å²) in [6.45, 7) is 4.50. The predicted molar refractivity (Wildman–Crippen MR) is 111 cm³/mol. The van der Waals surface area contributed by atoms with Gasteiger partial charge in [-0.05, 0) is 31.2 Å². The molecule has 1 unspecified atom stereocenters. The molecule has 2 aromatic rings. The Hall–Kier alpha value is -2.57. The molecule has 0 radical (unpaired) electrons. The summed E-state index contributed by atoms with van der Waals surface area (Å²) in [5.41, 5.74) is 2.04. The molecule has 1 saturated heterocycles. The molecule has 0 saturated carbocycles. The summed E-state index contributed by atoms with van der Waals surface area (Å²) in [5.74, 6) is -0.379. The number of para-hydroxylation sites is 1. The quantitative estimate of drug-likeness (QED) is 0.779. The molecule has 1 aliphatic heterocycles. The van der Waals surface area contributed by atoms with Gasteiger partial charge in [-0.15, -0.1) is 0 Å². The third kappa shape index (κ3) is 5.24. The number of anilines is 2. The van der Waals surface area contributed by atoms with Gasteiger partial charge >= 0.3 is 0 Å². The van der Waals surface area contributed by atoms with E-state index in [2.05, 4.69) is 15.5 Å². The van der Waals surface area contributed by atoms with Gasteiger partial charge in [0.05, 0.1) is 29.6 Å². The number of ether oxygens (including phenoxy) is 1. The molecule has 148 valence electrons. The molecular weight excluding hydrogens is 378 g/mol. The summed E-state index contributed by atoms with van der Waals surface area (Å²) in [6, 6.07) is 14.1. The lowest BCUT2D eigenvalue weighted by atomic mass is 10.1. The number of amides is 2. The number of carbonyl (C=O) groups is 2. The van der Waals surface area contributed by atoms with Crippen molar-refractivity contribution < 1.29 is 14.3 Å². The number of rotatable bonds is 6. The fraction of sp³-hybridized carbons (Fsp3) is 0.333. The van der Waals surface area contributed by atoms with Crippen molar-refractivity contribution in [2.45, 2.75) is 19.4 Å². The maximum atomic E-state index is 12.5. The van der Waals surface area contributed by atoms with Crippen LogP contribution in [-0.4, -0.2) is 44.2 Å². The molecule has 28 heavy (non-hydrogen) atoms. The van der Waals surface area contributed by atoms with Crippen LogP contribution in [0.3, 0.4) is 0 Å². The van der Waals surface area contributed by atoms with Crippen LogP contribution in [0.15, 0.2) is 48.5 Å². The average molecular weight is 402 g/mol. The molecule has 6 nitrogen and oxygen atoms in total. The van der Waals surface area contributed by atoms with Crippen LogP contribution >= 0.6 is 11.6 Å². The van der Waals surface area contributed by atoms with Gasteiger partial charge in [-0.25, -0.2) is 0 Å². The summed E-state index contributed by atoms with van der Waals surface area (Å²) in [6.07, 6.45) is 0.160. The van der Waals surface area contributed by atoms with Gasteiger partial charge in [0.15, 0.2) is 0 Å². The first-order valence-electron chi connectivity index (χ1n) is 9.31. The molecule has 0 bridgehead atoms. The first kappa shape index (κ1) is 20.2. The second-order valence-electron chi connectivity index (χ2n) is 6.73. The molecule has 0 aliphatic carbocycles. The van der Waals surface area contributed by atoms with Crippen LogP contribution in [-0.2, 0) is 9.53 Å². The molecule has 0 aromatic heterocycles. The summed E-state index contributed by atoms with van der Waals surface area (Å²) < 4.78 is 5.40. The Morgan fingerprint density at radius 3 is 2.54 bits per heavy atom. The minimum absolute atomic E-state index is 0.160. The average Bonchev–Trinajstić information content (AvgIpc) is 2.69. The number of hydrogen-bond acceptors (Lipinski definition) is 4. The Morgan fingerprint density at radius 1 is 1.11 bits per heavy atom. The molecule has 2 aromatic carbocycles. The summed E-state index contributed by atoms with van der Waals surface area (Å²) in [5, 5.41) is 6.37. The molecule has 0 spiro atoms. The molecule has 2 amide bonds. The SMILES string of the molecule is CC(CC(=O)Nc1cccc(Cl)c1N1CCOCC1)NC(=O)c1ccccc1. The van der Waals surface area contributed by atoms with E-state index in [1.165, 1.54) is 0 Å². The van der Waals surface area contributed by atoms with Gasteiger partial charge in [0, 0.05) is 31.1 Å². The summed E-state index contributed by atoms with van der Waals surface area (Å²) in [4.78, 5) is 26.9. The molecular formula is C21H24ClN3O3. The largest absolute Gasteiger partial charge is 0.378 e. The summed E-state index contributed by atoms with van der Waals surface area (Å²) in [7, 11) is 0. The second-order valence-corrected chi connectivity index (χ2v) is 7.14. The van der Waals surface area contributed by atoms with Gasteiger partial charge in [0.1, 0.15) is 0 Å².